The third-order valence-corrected chi connectivity index (χ3v) is 6.13. The van der Waals surface area contributed by atoms with E-state index in [1.165, 1.54) is 6.92 Å². The Kier molecular flexibility index (Phi) is 20.5. The van der Waals surface area contributed by atoms with E-state index in [0.717, 1.165) is 12.8 Å². The summed E-state index contributed by atoms with van der Waals surface area (Å²) in [4.78, 5) is 58.7. The predicted octanol–water partition coefficient (Wildman–Crippen LogP) is 0.907. The summed E-state index contributed by atoms with van der Waals surface area (Å²) in [7, 11) is 0. The smallest absolute Gasteiger partial charge is 0.249 e. The summed E-state index contributed by atoms with van der Waals surface area (Å²) in [5, 5.41) is 33.8. The zero-order valence-electron chi connectivity index (χ0n) is 23.2. The van der Waals surface area contributed by atoms with Gasteiger partial charge >= 0.3 is 0 Å². The molecule has 0 saturated heterocycles. The fraction of sp³-hybridized carbons (Fsp3) is 0.800. The molecule has 8 N–H and O–H groups in total. The number of hydrogen-bond acceptors (Lipinski definition) is 9. The number of unbranched alkanes of at least 4 members (excludes halogenated alkanes) is 6. The average molecular weight is 561 g/mol. The largest absolute Gasteiger partial charge is 0.370 e. The van der Waals surface area contributed by atoms with Crippen LogP contribution in [0.25, 0.3) is 0 Å². The van der Waals surface area contributed by atoms with Crippen molar-refractivity contribution in [2.45, 2.75) is 90.4 Å². The molecule has 0 aliphatic carbocycles. The van der Waals surface area contributed by atoms with E-state index in [4.69, 9.17) is 11.5 Å². The number of hydrogen-bond donors (Lipinski definition) is 6. The number of nitrogens with two attached hydrogens (primary N) is 2. The minimum absolute atomic E-state index is 0.0598. The van der Waals surface area contributed by atoms with E-state index in [-0.39, 0.29) is 44.8 Å². The molecule has 39 heavy (non-hydrogen) atoms. The molecular formula is C25H48N6O8. The molecule has 14 nitrogen and oxygen atoms in total. The van der Waals surface area contributed by atoms with Crippen LogP contribution in [0.3, 0.4) is 0 Å². The van der Waals surface area contributed by atoms with Crippen LogP contribution in [0.1, 0.15) is 90.4 Å². The number of carbonyl (C=O) groups is 5. The molecule has 0 rings (SSSR count). The van der Waals surface area contributed by atoms with Crippen LogP contribution in [0.2, 0.25) is 0 Å². The summed E-state index contributed by atoms with van der Waals surface area (Å²) in [6, 6.07) is 0. The highest BCUT2D eigenvalue weighted by atomic mass is 16.5. The van der Waals surface area contributed by atoms with Crippen molar-refractivity contribution in [3.8, 4) is 0 Å². The Bertz CT molecular complexity index is 754. The van der Waals surface area contributed by atoms with Crippen molar-refractivity contribution >= 4 is 29.5 Å². The lowest BCUT2D eigenvalue weighted by Crippen LogP contribution is -2.36. The van der Waals surface area contributed by atoms with Crippen LogP contribution < -0.4 is 16.8 Å². The van der Waals surface area contributed by atoms with Crippen molar-refractivity contribution in [1.29, 1.82) is 0 Å². The van der Waals surface area contributed by atoms with Gasteiger partial charge in [-0.3, -0.25) is 39.6 Å². The van der Waals surface area contributed by atoms with E-state index in [0.29, 0.717) is 79.6 Å². The molecule has 0 spiro atoms. The van der Waals surface area contributed by atoms with Gasteiger partial charge in [0.2, 0.25) is 29.5 Å². The number of rotatable bonds is 23. The lowest BCUT2D eigenvalue weighted by atomic mass is 9.96. The van der Waals surface area contributed by atoms with Gasteiger partial charge < -0.3 is 16.8 Å². The maximum atomic E-state index is 12.5. The minimum Gasteiger partial charge on any atom is -0.370 e. The monoisotopic (exact) mass is 560 g/mol. The Labute approximate surface area is 230 Å². The lowest BCUT2D eigenvalue weighted by molar-refractivity contribution is -0.171. The normalized spacial score (nSPS) is 11.5. The molecule has 0 aromatic heterocycles. The average Bonchev–Trinajstić information content (AvgIpc) is 2.89. The standard InChI is InChI=1S/C25H48N6O8/c1-20(32)29(37)16-10-4-7-15-28-23(34)12-13-24(35)30(38)17-8-2-5-11-21(19-22(27)33)25(36)31(39)18-9-3-6-14-26/h21,37-39H,2-19,26H2,1H3,(H2,27,33)(H,28,34). The zero-order chi connectivity index (χ0) is 29.6. The molecule has 0 aromatic carbocycles. The van der Waals surface area contributed by atoms with Crippen molar-refractivity contribution in [1.82, 2.24) is 20.5 Å². The Balaban J connectivity index is 4.13. The van der Waals surface area contributed by atoms with Gasteiger partial charge in [0.25, 0.3) is 0 Å². The molecule has 14 heteroatoms. The second-order valence-electron chi connectivity index (χ2n) is 9.60. The summed E-state index contributed by atoms with van der Waals surface area (Å²) in [5.74, 6) is -3.24. The van der Waals surface area contributed by atoms with Crippen molar-refractivity contribution in [3.05, 3.63) is 0 Å². The zero-order valence-corrected chi connectivity index (χ0v) is 23.2. The highest BCUT2D eigenvalue weighted by Crippen LogP contribution is 2.17. The molecule has 1 atom stereocenters. The van der Waals surface area contributed by atoms with Crippen LogP contribution in [-0.2, 0) is 24.0 Å². The Morgan fingerprint density at radius 2 is 1.31 bits per heavy atom. The molecule has 1 unspecified atom stereocenters. The van der Waals surface area contributed by atoms with Gasteiger partial charge in [-0.05, 0) is 51.5 Å². The van der Waals surface area contributed by atoms with Crippen LogP contribution in [0, 0.1) is 5.92 Å². The Hall–Kier alpha value is -2.81. The summed E-state index contributed by atoms with van der Waals surface area (Å²) in [6.45, 7) is 2.65. The van der Waals surface area contributed by atoms with E-state index < -0.39 is 29.5 Å². The SMILES string of the molecule is CC(=O)N(O)CCCCCNC(=O)CCC(=O)N(O)CCCCCC(CC(N)=O)C(=O)N(O)CCCCCN. The van der Waals surface area contributed by atoms with Gasteiger partial charge in [-0.25, -0.2) is 15.2 Å². The number of primary amides is 1. The van der Waals surface area contributed by atoms with Crippen LogP contribution in [0.5, 0.6) is 0 Å². The van der Waals surface area contributed by atoms with E-state index in [1.54, 1.807) is 0 Å². The molecule has 226 valence electrons. The molecule has 0 aliphatic heterocycles. The molecule has 0 fully saturated rings. The van der Waals surface area contributed by atoms with Crippen LogP contribution in [0.4, 0.5) is 0 Å². The number of carbonyl (C=O) groups excluding carboxylic acids is 5. The molecule has 5 amide bonds. The van der Waals surface area contributed by atoms with Crippen molar-refractivity contribution in [3.63, 3.8) is 0 Å². The maximum Gasteiger partial charge on any atom is 0.249 e. The van der Waals surface area contributed by atoms with Crippen molar-refractivity contribution in [2.24, 2.45) is 17.4 Å². The van der Waals surface area contributed by atoms with E-state index in [9.17, 15) is 39.6 Å². The van der Waals surface area contributed by atoms with E-state index >= 15 is 0 Å². The fourth-order valence-corrected chi connectivity index (χ4v) is 3.80. The van der Waals surface area contributed by atoms with Crippen molar-refractivity contribution < 1.29 is 39.6 Å². The Morgan fingerprint density at radius 3 is 1.90 bits per heavy atom. The highest BCUT2D eigenvalue weighted by molar-refractivity contribution is 5.84. The molecule has 0 heterocycles. The minimum atomic E-state index is -0.739. The number of amides is 5. The molecule has 0 radical (unpaired) electrons. The number of nitrogens with zero attached hydrogens (tertiary/aromatic N) is 3. The van der Waals surface area contributed by atoms with Crippen LogP contribution in [0.15, 0.2) is 0 Å². The molecule has 0 saturated carbocycles. The first-order chi connectivity index (χ1) is 18.5. The van der Waals surface area contributed by atoms with Crippen LogP contribution >= 0.6 is 0 Å². The van der Waals surface area contributed by atoms with Gasteiger partial charge in [-0.15, -0.1) is 0 Å². The Morgan fingerprint density at radius 1 is 0.744 bits per heavy atom. The first kappa shape index (κ1) is 36.2. The third kappa shape index (κ3) is 19.0. The van der Waals surface area contributed by atoms with Crippen LogP contribution in [-0.4, -0.2) is 93.1 Å². The second kappa shape index (κ2) is 22.1. The first-order valence-corrected chi connectivity index (χ1v) is 13.7. The highest BCUT2D eigenvalue weighted by Gasteiger charge is 2.25. The summed E-state index contributed by atoms with van der Waals surface area (Å²) >= 11 is 0. The van der Waals surface area contributed by atoms with Gasteiger partial charge in [0.1, 0.15) is 0 Å². The molecule has 0 aliphatic rings. The molecule has 0 bridgehead atoms. The van der Waals surface area contributed by atoms with Gasteiger partial charge in [0.15, 0.2) is 0 Å². The van der Waals surface area contributed by atoms with E-state index in [1.807, 2.05) is 0 Å². The summed E-state index contributed by atoms with van der Waals surface area (Å²) in [6.07, 6.45) is 5.62. The quantitative estimate of drug-likeness (QED) is 0.0593. The van der Waals surface area contributed by atoms with E-state index in [2.05, 4.69) is 5.32 Å². The number of hydroxylamine groups is 6. The fourth-order valence-electron chi connectivity index (χ4n) is 3.80. The topological polar surface area (TPSA) is 220 Å². The molecular weight excluding hydrogens is 512 g/mol. The van der Waals surface area contributed by atoms with Gasteiger partial charge in [0.05, 0.1) is 0 Å². The summed E-state index contributed by atoms with van der Waals surface area (Å²) < 4.78 is 0. The predicted molar refractivity (Wildman–Crippen MR) is 141 cm³/mol. The second-order valence-corrected chi connectivity index (χ2v) is 9.60. The van der Waals surface area contributed by atoms with Gasteiger partial charge in [-0.2, -0.15) is 0 Å². The van der Waals surface area contributed by atoms with Crippen molar-refractivity contribution in [2.75, 3.05) is 32.7 Å². The maximum absolute atomic E-state index is 12.5. The third-order valence-electron chi connectivity index (χ3n) is 6.13. The summed E-state index contributed by atoms with van der Waals surface area (Å²) in [5.41, 5.74) is 10.7. The lowest BCUT2D eigenvalue weighted by Gasteiger charge is -2.21. The van der Waals surface area contributed by atoms with Gasteiger partial charge in [0, 0.05) is 58.3 Å². The first-order valence-electron chi connectivity index (χ1n) is 13.7. The van der Waals surface area contributed by atoms with Gasteiger partial charge in [-0.1, -0.05) is 19.3 Å². The number of nitrogens with one attached hydrogen (secondary N) is 1. The molecule has 0 aromatic rings.